The quantitative estimate of drug-likeness (QED) is 0.712. The van der Waals surface area contributed by atoms with Crippen LogP contribution in [0.25, 0.3) is 22.3 Å². The first-order valence-corrected chi connectivity index (χ1v) is 11.3. The zero-order valence-electron chi connectivity index (χ0n) is 16.0. The molecule has 7 heteroatoms. The topological polar surface area (TPSA) is 93.4 Å². The number of carbonyl (C=O) groups is 1. The summed E-state index contributed by atoms with van der Waals surface area (Å²) in [7, 11) is -3.00. The molecule has 2 heterocycles. The number of amides is 1. The van der Waals surface area contributed by atoms with Crippen molar-refractivity contribution in [1.82, 2.24) is 5.32 Å². The maximum absolute atomic E-state index is 12.9. The lowest BCUT2D eigenvalue weighted by atomic mass is 10.0. The fourth-order valence-corrected chi connectivity index (χ4v) is 5.58. The predicted molar refractivity (Wildman–Crippen MR) is 112 cm³/mol. The number of rotatable bonds is 4. The Morgan fingerprint density at radius 2 is 1.90 bits per heavy atom. The van der Waals surface area contributed by atoms with E-state index in [1.165, 1.54) is 0 Å². The third-order valence-electron chi connectivity index (χ3n) is 5.30. The summed E-state index contributed by atoms with van der Waals surface area (Å²) in [5.74, 6) is 0.218. The number of hydrogen-bond donors (Lipinski definition) is 1. The Labute approximate surface area is 168 Å². The van der Waals surface area contributed by atoms with Crippen molar-refractivity contribution in [1.29, 1.82) is 0 Å². The second-order valence-corrected chi connectivity index (χ2v) is 9.64. The number of sulfone groups is 1. The molecule has 1 atom stereocenters. The van der Waals surface area contributed by atoms with Gasteiger partial charge in [-0.3, -0.25) is 9.59 Å². The van der Waals surface area contributed by atoms with Crippen LogP contribution in [-0.4, -0.2) is 32.4 Å². The first-order valence-electron chi connectivity index (χ1n) is 9.46. The zero-order valence-corrected chi connectivity index (χ0v) is 16.8. The van der Waals surface area contributed by atoms with Gasteiger partial charge in [-0.1, -0.05) is 36.4 Å². The normalized spacial score (nSPS) is 18.0. The van der Waals surface area contributed by atoms with Crippen LogP contribution in [0.1, 0.15) is 22.3 Å². The molecule has 1 aliphatic heterocycles. The molecule has 1 saturated heterocycles. The molecule has 1 aliphatic rings. The maximum Gasteiger partial charge on any atom is 0.255 e. The van der Waals surface area contributed by atoms with Gasteiger partial charge in [-0.25, -0.2) is 8.42 Å². The summed E-state index contributed by atoms with van der Waals surface area (Å²) < 4.78 is 29.3. The lowest BCUT2D eigenvalue weighted by Gasteiger charge is -2.12. The molecule has 0 bridgehead atoms. The van der Waals surface area contributed by atoms with Crippen LogP contribution in [0, 0.1) is 12.8 Å². The highest BCUT2D eigenvalue weighted by Gasteiger charge is 2.28. The van der Waals surface area contributed by atoms with Gasteiger partial charge in [0.2, 0.25) is 0 Å². The standard InChI is InChI=1S/C22H21NO5S/c1-14-19(24)17-8-5-9-18(21(17)28-20(14)16-6-3-2-4-7-16)22(25)23-12-15-10-11-29(26,27)13-15/h2-9,15H,10-13H2,1H3,(H,23,25). The summed E-state index contributed by atoms with van der Waals surface area (Å²) in [5, 5.41) is 3.14. The molecule has 0 radical (unpaired) electrons. The number of carbonyl (C=O) groups excluding carboxylic acids is 1. The number of fused-ring (bicyclic) bond motifs is 1. The van der Waals surface area contributed by atoms with Crippen LogP contribution in [-0.2, 0) is 9.84 Å². The highest BCUT2D eigenvalue weighted by Crippen LogP contribution is 2.27. The van der Waals surface area contributed by atoms with Gasteiger partial charge in [-0.15, -0.1) is 0 Å². The van der Waals surface area contributed by atoms with E-state index >= 15 is 0 Å². The molecule has 0 saturated carbocycles. The third-order valence-corrected chi connectivity index (χ3v) is 7.14. The Bertz CT molecular complexity index is 1250. The van der Waals surface area contributed by atoms with Crippen LogP contribution in [0.4, 0.5) is 0 Å². The van der Waals surface area contributed by atoms with E-state index in [1.54, 1.807) is 25.1 Å². The average molecular weight is 411 g/mol. The minimum Gasteiger partial charge on any atom is -0.455 e. The third kappa shape index (κ3) is 3.82. The van der Waals surface area contributed by atoms with Gasteiger partial charge in [-0.2, -0.15) is 0 Å². The van der Waals surface area contributed by atoms with E-state index in [4.69, 9.17) is 4.42 Å². The summed E-state index contributed by atoms with van der Waals surface area (Å²) >= 11 is 0. The van der Waals surface area contributed by atoms with Crippen LogP contribution in [0.3, 0.4) is 0 Å². The van der Waals surface area contributed by atoms with Gasteiger partial charge in [0.15, 0.2) is 20.8 Å². The summed E-state index contributed by atoms with van der Waals surface area (Å²) in [6, 6.07) is 14.2. The zero-order chi connectivity index (χ0) is 20.6. The fraction of sp³-hybridized carbons (Fsp3) is 0.273. The van der Waals surface area contributed by atoms with E-state index in [1.807, 2.05) is 30.3 Å². The summed E-state index contributed by atoms with van der Waals surface area (Å²) in [6.07, 6.45) is 0.546. The van der Waals surface area contributed by atoms with Crippen molar-refractivity contribution in [3.63, 3.8) is 0 Å². The van der Waals surface area contributed by atoms with Crippen LogP contribution in [0.5, 0.6) is 0 Å². The van der Waals surface area contributed by atoms with Gasteiger partial charge in [0.1, 0.15) is 5.76 Å². The molecule has 0 aliphatic carbocycles. The van der Waals surface area contributed by atoms with Gasteiger partial charge in [-0.05, 0) is 31.4 Å². The Morgan fingerprint density at radius 1 is 1.14 bits per heavy atom. The summed E-state index contributed by atoms with van der Waals surface area (Å²) in [4.78, 5) is 25.7. The SMILES string of the molecule is Cc1c(-c2ccccc2)oc2c(C(=O)NCC3CCS(=O)(=O)C3)cccc2c1=O. The molecule has 4 rings (SSSR count). The number of para-hydroxylation sites is 1. The van der Waals surface area contributed by atoms with Gasteiger partial charge in [0, 0.05) is 17.7 Å². The highest BCUT2D eigenvalue weighted by atomic mass is 32.2. The summed E-state index contributed by atoms with van der Waals surface area (Å²) in [6.45, 7) is 1.98. The number of hydrogen-bond acceptors (Lipinski definition) is 5. The minimum atomic E-state index is -3.00. The number of nitrogens with one attached hydrogen (secondary N) is 1. The summed E-state index contributed by atoms with van der Waals surface area (Å²) in [5.41, 5.74) is 1.56. The molecular weight excluding hydrogens is 390 g/mol. The average Bonchev–Trinajstić information content (AvgIpc) is 3.07. The molecule has 1 N–H and O–H groups in total. The molecule has 6 nitrogen and oxygen atoms in total. The maximum atomic E-state index is 12.9. The first kappa shape index (κ1) is 19.4. The molecule has 3 aromatic rings. The largest absolute Gasteiger partial charge is 0.455 e. The van der Waals surface area contributed by atoms with Crippen molar-refractivity contribution in [2.45, 2.75) is 13.3 Å². The molecular formula is C22H21NO5S. The van der Waals surface area contributed by atoms with Gasteiger partial charge in [0.25, 0.3) is 5.91 Å². The highest BCUT2D eigenvalue weighted by molar-refractivity contribution is 7.91. The molecule has 29 heavy (non-hydrogen) atoms. The van der Waals surface area contributed by atoms with Crippen molar-refractivity contribution in [3.05, 3.63) is 69.9 Å². The smallest absolute Gasteiger partial charge is 0.255 e. The molecule has 1 amide bonds. The van der Waals surface area contributed by atoms with Gasteiger partial charge < -0.3 is 9.73 Å². The Balaban J connectivity index is 1.70. The van der Waals surface area contributed by atoms with Crippen molar-refractivity contribution in [2.24, 2.45) is 5.92 Å². The van der Waals surface area contributed by atoms with E-state index in [2.05, 4.69) is 5.32 Å². The van der Waals surface area contributed by atoms with Gasteiger partial charge in [0.05, 0.1) is 22.5 Å². The molecule has 150 valence electrons. The van der Waals surface area contributed by atoms with E-state index in [-0.39, 0.29) is 46.5 Å². The Kier molecular flexibility index (Phi) is 5.00. The van der Waals surface area contributed by atoms with E-state index < -0.39 is 9.84 Å². The Morgan fingerprint density at radius 3 is 2.59 bits per heavy atom. The van der Waals surface area contributed by atoms with E-state index in [9.17, 15) is 18.0 Å². The lowest BCUT2D eigenvalue weighted by Crippen LogP contribution is -2.30. The predicted octanol–water partition coefficient (Wildman–Crippen LogP) is 2.93. The van der Waals surface area contributed by atoms with Crippen LogP contribution >= 0.6 is 0 Å². The molecule has 2 aromatic carbocycles. The van der Waals surface area contributed by atoms with Crippen molar-refractivity contribution < 1.29 is 17.6 Å². The van der Waals surface area contributed by atoms with E-state index in [0.29, 0.717) is 23.1 Å². The van der Waals surface area contributed by atoms with Crippen LogP contribution < -0.4 is 10.7 Å². The monoisotopic (exact) mass is 411 g/mol. The molecule has 1 aromatic heterocycles. The minimum absolute atomic E-state index is 0.0898. The van der Waals surface area contributed by atoms with Crippen molar-refractivity contribution in [3.8, 4) is 11.3 Å². The fourth-order valence-electron chi connectivity index (χ4n) is 3.72. The van der Waals surface area contributed by atoms with Crippen LogP contribution in [0.15, 0.2) is 57.7 Å². The van der Waals surface area contributed by atoms with Crippen molar-refractivity contribution in [2.75, 3.05) is 18.1 Å². The Hall–Kier alpha value is -2.93. The van der Waals surface area contributed by atoms with Gasteiger partial charge >= 0.3 is 0 Å². The number of benzene rings is 2. The lowest BCUT2D eigenvalue weighted by molar-refractivity contribution is 0.0949. The molecule has 1 fully saturated rings. The van der Waals surface area contributed by atoms with Crippen molar-refractivity contribution >= 4 is 26.7 Å². The second-order valence-electron chi connectivity index (χ2n) is 7.41. The molecule has 1 unspecified atom stereocenters. The van der Waals surface area contributed by atoms with Crippen LogP contribution in [0.2, 0.25) is 0 Å². The first-order chi connectivity index (χ1) is 13.9. The molecule has 0 spiro atoms. The second kappa shape index (κ2) is 7.48. The van der Waals surface area contributed by atoms with E-state index in [0.717, 1.165) is 5.56 Å².